The molecule has 1 aromatic rings. The number of carbonyl (C=O) groups is 1. The summed E-state index contributed by atoms with van der Waals surface area (Å²) in [5.41, 5.74) is 0.980. The Bertz CT molecular complexity index is 422. The largest absolute Gasteiger partial charge is 0.348 e. The number of hydrogen-bond acceptors (Lipinski definition) is 4. The fourth-order valence-electron chi connectivity index (χ4n) is 2.80. The van der Waals surface area contributed by atoms with Crippen LogP contribution in [-0.4, -0.2) is 24.4 Å². The second-order valence-corrected chi connectivity index (χ2v) is 6.71. The number of aryl methyl sites for hydroxylation is 1. The molecule has 0 aromatic carbocycles. The highest BCUT2D eigenvalue weighted by atomic mass is 32.1. The molecular formula is C15H24N2OS. The van der Waals surface area contributed by atoms with E-state index >= 15 is 0 Å². The van der Waals surface area contributed by atoms with Gasteiger partial charge < -0.3 is 4.90 Å². The molecule has 106 valence electrons. The Labute approximate surface area is 120 Å². The Morgan fingerprint density at radius 1 is 1.37 bits per heavy atom. The topological polar surface area (TPSA) is 33.2 Å². The van der Waals surface area contributed by atoms with Gasteiger partial charge in [-0.15, -0.1) is 0 Å². The van der Waals surface area contributed by atoms with Gasteiger partial charge in [-0.1, -0.05) is 31.6 Å². The van der Waals surface area contributed by atoms with Crippen molar-refractivity contribution in [2.45, 2.75) is 58.4 Å². The zero-order valence-electron chi connectivity index (χ0n) is 12.2. The van der Waals surface area contributed by atoms with Crippen molar-refractivity contribution in [1.29, 1.82) is 0 Å². The Hall–Kier alpha value is -0.900. The van der Waals surface area contributed by atoms with E-state index in [-0.39, 0.29) is 0 Å². The SMILES string of the molecule is CCCc1nc(N(C)C2CCC(C)CC2)sc1C=O. The molecule has 0 spiro atoms. The van der Waals surface area contributed by atoms with Gasteiger partial charge in [-0.2, -0.15) is 0 Å². The highest BCUT2D eigenvalue weighted by Gasteiger charge is 2.24. The van der Waals surface area contributed by atoms with Crippen molar-refractivity contribution >= 4 is 22.8 Å². The van der Waals surface area contributed by atoms with Crippen molar-refractivity contribution in [3.05, 3.63) is 10.6 Å². The van der Waals surface area contributed by atoms with Gasteiger partial charge >= 0.3 is 0 Å². The molecule has 0 unspecified atom stereocenters. The van der Waals surface area contributed by atoms with Crippen molar-refractivity contribution < 1.29 is 4.79 Å². The number of thiazole rings is 1. The fourth-order valence-corrected chi connectivity index (χ4v) is 3.75. The van der Waals surface area contributed by atoms with Crippen molar-refractivity contribution in [2.24, 2.45) is 5.92 Å². The smallest absolute Gasteiger partial charge is 0.186 e. The van der Waals surface area contributed by atoms with Crippen LogP contribution >= 0.6 is 11.3 Å². The van der Waals surface area contributed by atoms with Gasteiger partial charge in [0, 0.05) is 13.1 Å². The zero-order chi connectivity index (χ0) is 13.8. The molecule has 0 radical (unpaired) electrons. The summed E-state index contributed by atoms with van der Waals surface area (Å²) in [5.74, 6) is 0.863. The molecule has 1 fully saturated rings. The summed E-state index contributed by atoms with van der Waals surface area (Å²) < 4.78 is 0. The van der Waals surface area contributed by atoms with Crippen LogP contribution in [0.25, 0.3) is 0 Å². The van der Waals surface area contributed by atoms with Crippen LogP contribution < -0.4 is 4.90 Å². The van der Waals surface area contributed by atoms with Crippen LogP contribution in [0.2, 0.25) is 0 Å². The summed E-state index contributed by atoms with van der Waals surface area (Å²) in [6, 6.07) is 0.594. The van der Waals surface area contributed by atoms with Gasteiger partial charge in [0.25, 0.3) is 0 Å². The summed E-state index contributed by atoms with van der Waals surface area (Å²) in [5, 5.41) is 1.02. The van der Waals surface area contributed by atoms with Crippen LogP contribution in [-0.2, 0) is 6.42 Å². The van der Waals surface area contributed by atoms with E-state index in [0.717, 1.165) is 40.7 Å². The number of carbonyl (C=O) groups excluding carboxylic acids is 1. The molecule has 2 rings (SSSR count). The molecular weight excluding hydrogens is 256 g/mol. The van der Waals surface area contributed by atoms with Crippen LogP contribution in [0.1, 0.15) is 61.3 Å². The average molecular weight is 280 g/mol. The highest BCUT2D eigenvalue weighted by molar-refractivity contribution is 7.17. The van der Waals surface area contributed by atoms with E-state index in [4.69, 9.17) is 0 Å². The highest BCUT2D eigenvalue weighted by Crippen LogP contribution is 2.32. The van der Waals surface area contributed by atoms with E-state index in [2.05, 4.69) is 30.8 Å². The molecule has 1 aromatic heterocycles. The fraction of sp³-hybridized carbons (Fsp3) is 0.733. The molecule has 1 saturated carbocycles. The summed E-state index contributed by atoms with van der Waals surface area (Å²) in [7, 11) is 2.13. The van der Waals surface area contributed by atoms with E-state index in [9.17, 15) is 4.79 Å². The number of aromatic nitrogens is 1. The molecule has 0 aliphatic heterocycles. The molecule has 3 nitrogen and oxygen atoms in total. The van der Waals surface area contributed by atoms with E-state index in [0.29, 0.717) is 6.04 Å². The van der Waals surface area contributed by atoms with Gasteiger partial charge in [0.2, 0.25) is 0 Å². The van der Waals surface area contributed by atoms with Crippen molar-refractivity contribution in [3.63, 3.8) is 0 Å². The van der Waals surface area contributed by atoms with E-state index in [1.165, 1.54) is 25.7 Å². The minimum absolute atomic E-state index is 0.594. The number of hydrogen-bond donors (Lipinski definition) is 0. The van der Waals surface area contributed by atoms with Gasteiger partial charge in [0.15, 0.2) is 11.4 Å². The maximum Gasteiger partial charge on any atom is 0.186 e. The maximum absolute atomic E-state index is 11.1. The second-order valence-electron chi connectivity index (χ2n) is 5.70. The first-order chi connectivity index (χ1) is 9.15. The second kappa shape index (κ2) is 6.51. The van der Waals surface area contributed by atoms with Gasteiger partial charge in [-0.05, 0) is 38.0 Å². The summed E-state index contributed by atoms with van der Waals surface area (Å²) in [6.45, 7) is 4.46. The average Bonchev–Trinajstić information content (AvgIpc) is 2.82. The summed E-state index contributed by atoms with van der Waals surface area (Å²) in [4.78, 5) is 18.9. The van der Waals surface area contributed by atoms with Crippen LogP contribution in [0.15, 0.2) is 0 Å². The van der Waals surface area contributed by atoms with Crippen LogP contribution in [0.3, 0.4) is 0 Å². The zero-order valence-corrected chi connectivity index (χ0v) is 13.0. The van der Waals surface area contributed by atoms with Crippen molar-refractivity contribution in [1.82, 2.24) is 4.98 Å². The summed E-state index contributed by atoms with van der Waals surface area (Å²) in [6.07, 6.45) is 8.01. The lowest BCUT2D eigenvalue weighted by Gasteiger charge is -2.33. The molecule has 0 amide bonds. The van der Waals surface area contributed by atoms with Crippen LogP contribution in [0.5, 0.6) is 0 Å². The van der Waals surface area contributed by atoms with Gasteiger partial charge in [-0.25, -0.2) is 4.98 Å². The van der Waals surface area contributed by atoms with E-state index in [1.54, 1.807) is 11.3 Å². The Balaban J connectivity index is 2.10. The number of nitrogens with zero attached hydrogens (tertiary/aromatic N) is 2. The monoisotopic (exact) mass is 280 g/mol. The molecule has 4 heteroatoms. The third-order valence-electron chi connectivity index (χ3n) is 4.14. The number of rotatable bonds is 5. The molecule has 0 bridgehead atoms. The molecule has 0 saturated heterocycles. The predicted octanol–water partition coefficient (Wildman–Crippen LogP) is 3.92. The quantitative estimate of drug-likeness (QED) is 0.766. The first-order valence-corrected chi connectivity index (χ1v) is 8.15. The Morgan fingerprint density at radius 3 is 2.63 bits per heavy atom. The minimum Gasteiger partial charge on any atom is -0.348 e. The van der Waals surface area contributed by atoms with Gasteiger partial charge in [0.1, 0.15) is 0 Å². The molecule has 0 N–H and O–H groups in total. The first kappa shape index (κ1) is 14.5. The van der Waals surface area contributed by atoms with E-state index in [1.807, 2.05) is 0 Å². The maximum atomic E-state index is 11.1. The van der Waals surface area contributed by atoms with Crippen LogP contribution in [0, 0.1) is 5.92 Å². The lowest BCUT2D eigenvalue weighted by Crippen LogP contribution is -2.34. The molecule has 1 aliphatic rings. The minimum atomic E-state index is 0.594. The van der Waals surface area contributed by atoms with E-state index < -0.39 is 0 Å². The lowest BCUT2D eigenvalue weighted by molar-refractivity contribution is 0.112. The van der Waals surface area contributed by atoms with Gasteiger partial charge in [0.05, 0.1) is 10.6 Å². The van der Waals surface area contributed by atoms with Crippen molar-refractivity contribution in [2.75, 3.05) is 11.9 Å². The van der Waals surface area contributed by atoms with Crippen molar-refractivity contribution in [3.8, 4) is 0 Å². The molecule has 1 heterocycles. The molecule has 0 atom stereocenters. The standard InChI is InChI=1S/C15H24N2OS/c1-4-5-13-14(10-18)19-15(16-13)17(3)12-8-6-11(2)7-9-12/h10-12H,4-9H2,1-3H3. The third kappa shape index (κ3) is 3.35. The van der Waals surface area contributed by atoms with Crippen LogP contribution in [0.4, 0.5) is 5.13 Å². The molecule has 1 aliphatic carbocycles. The number of anilines is 1. The Morgan fingerprint density at radius 2 is 2.05 bits per heavy atom. The van der Waals surface area contributed by atoms with Gasteiger partial charge in [-0.3, -0.25) is 4.79 Å². The lowest BCUT2D eigenvalue weighted by atomic mass is 9.87. The molecule has 19 heavy (non-hydrogen) atoms. The predicted molar refractivity (Wildman–Crippen MR) is 81.3 cm³/mol. The normalized spacial score (nSPS) is 23.3. The summed E-state index contributed by atoms with van der Waals surface area (Å²) >= 11 is 1.55. The third-order valence-corrected chi connectivity index (χ3v) is 5.26. The Kier molecular flexibility index (Phi) is 4.97. The first-order valence-electron chi connectivity index (χ1n) is 7.33. The number of aldehydes is 1.